The fraction of sp³-hybridized carbons (Fsp3) is 0.524. The lowest BCUT2D eigenvalue weighted by Crippen LogP contribution is -2.39. The van der Waals surface area contributed by atoms with E-state index in [4.69, 9.17) is 9.47 Å². The highest BCUT2D eigenvalue weighted by Crippen LogP contribution is 2.28. The molecule has 2 heterocycles. The number of hydrogen-bond acceptors (Lipinski definition) is 6. The molecule has 2 aromatic rings. The van der Waals surface area contributed by atoms with Gasteiger partial charge in [0.05, 0.1) is 30.9 Å². The molecule has 2 fully saturated rings. The van der Waals surface area contributed by atoms with Crippen LogP contribution in [0.1, 0.15) is 37.8 Å². The van der Waals surface area contributed by atoms with E-state index in [0.717, 1.165) is 12.8 Å². The summed E-state index contributed by atoms with van der Waals surface area (Å²) in [6.45, 7) is 7.33. The highest BCUT2D eigenvalue weighted by Gasteiger charge is 2.30. The van der Waals surface area contributed by atoms with Gasteiger partial charge in [-0.25, -0.2) is 13.1 Å². The quantitative estimate of drug-likeness (QED) is 0.714. The number of ether oxygens (including phenoxy) is 2. The highest BCUT2D eigenvalue weighted by molar-refractivity contribution is 7.91. The van der Waals surface area contributed by atoms with Gasteiger partial charge in [-0.3, -0.25) is 0 Å². The van der Waals surface area contributed by atoms with Gasteiger partial charge in [-0.05, 0) is 37.5 Å². The number of rotatable bonds is 4. The summed E-state index contributed by atoms with van der Waals surface area (Å²) >= 11 is 0. The van der Waals surface area contributed by atoms with E-state index in [0.29, 0.717) is 30.3 Å². The lowest BCUT2D eigenvalue weighted by Gasteiger charge is -2.34. The van der Waals surface area contributed by atoms with Crippen molar-refractivity contribution in [3.63, 3.8) is 0 Å². The first kappa shape index (κ1) is 20.1. The molecule has 8 heteroatoms. The minimum absolute atomic E-state index is 0.0295. The second-order valence-electron chi connectivity index (χ2n) is 8.52. The molecule has 29 heavy (non-hydrogen) atoms. The van der Waals surface area contributed by atoms with Crippen molar-refractivity contribution in [3.8, 4) is 11.8 Å². The third-order valence-corrected chi connectivity index (χ3v) is 6.68. The monoisotopic (exact) mass is 415 g/mol. The van der Waals surface area contributed by atoms with Gasteiger partial charge in [0.1, 0.15) is 0 Å². The van der Waals surface area contributed by atoms with E-state index in [9.17, 15) is 8.42 Å². The van der Waals surface area contributed by atoms with Crippen LogP contribution in [0.3, 0.4) is 0 Å². The van der Waals surface area contributed by atoms with E-state index in [1.165, 1.54) is 10.9 Å². The molecule has 1 saturated carbocycles. The Balaban J connectivity index is 1.52. The van der Waals surface area contributed by atoms with Crippen molar-refractivity contribution in [1.82, 2.24) is 15.0 Å². The maximum Gasteiger partial charge on any atom is 0.227 e. The van der Waals surface area contributed by atoms with Gasteiger partial charge in [-0.2, -0.15) is 0 Å². The fourth-order valence-corrected chi connectivity index (χ4v) is 4.37. The summed E-state index contributed by atoms with van der Waals surface area (Å²) in [5.74, 6) is 6.69. The van der Waals surface area contributed by atoms with Crippen LogP contribution < -0.4 is 0 Å². The second kappa shape index (κ2) is 7.56. The van der Waals surface area contributed by atoms with E-state index >= 15 is 0 Å². The van der Waals surface area contributed by atoms with Gasteiger partial charge in [0.15, 0.2) is 6.29 Å². The Hall–Kier alpha value is -2.21. The van der Waals surface area contributed by atoms with E-state index < -0.39 is 16.1 Å². The number of hydrogen-bond donors (Lipinski definition) is 0. The molecule has 0 radical (unpaired) electrons. The third-order valence-electron chi connectivity index (χ3n) is 4.92. The average molecular weight is 416 g/mol. The molecular formula is C21H25N3O4S. The van der Waals surface area contributed by atoms with E-state index in [1.807, 2.05) is 6.07 Å². The summed E-state index contributed by atoms with van der Waals surface area (Å²) in [4.78, 5) is 0.207. The Morgan fingerprint density at radius 2 is 1.97 bits per heavy atom. The Morgan fingerprint density at radius 3 is 2.66 bits per heavy atom. The smallest absolute Gasteiger partial charge is 0.227 e. The number of sulfone groups is 1. The molecule has 154 valence electrons. The molecule has 0 spiro atoms. The van der Waals surface area contributed by atoms with Gasteiger partial charge in [0, 0.05) is 16.9 Å². The zero-order valence-electron chi connectivity index (χ0n) is 16.9. The number of aromatic nitrogens is 3. The van der Waals surface area contributed by atoms with Crippen LogP contribution in [0.5, 0.6) is 0 Å². The van der Waals surface area contributed by atoms with Crippen LogP contribution in [0.15, 0.2) is 34.3 Å². The van der Waals surface area contributed by atoms with E-state index in [1.54, 1.807) is 19.1 Å². The summed E-state index contributed by atoms with van der Waals surface area (Å²) in [6, 6.07) is 5.24. The molecule has 4 rings (SSSR count). The van der Waals surface area contributed by atoms with E-state index in [-0.39, 0.29) is 21.9 Å². The average Bonchev–Trinajstić information content (AvgIpc) is 3.38. The summed E-state index contributed by atoms with van der Waals surface area (Å²) in [5.41, 5.74) is 1.32. The molecule has 0 N–H and O–H groups in total. The van der Waals surface area contributed by atoms with Crippen LogP contribution in [0, 0.1) is 30.1 Å². The number of nitrogens with zero attached hydrogens (tertiary/aromatic N) is 3. The van der Waals surface area contributed by atoms with Gasteiger partial charge >= 0.3 is 0 Å². The predicted octanol–water partition coefficient (Wildman–Crippen LogP) is 2.58. The fourth-order valence-electron chi connectivity index (χ4n) is 2.97. The molecule has 0 amide bonds. The van der Waals surface area contributed by atoms with Gasteiger partial charge in [0.25, 0.3) is 0 Å². The third kappa shape index (κ3) is 4.69. The van der Waals surface area contributed by atoms with Crippen molar-refractivity contribution in [2.75, 3.05) is 13.2 Å². The molecule has 1 saturated heterocycles. The van der Waals surface area contributed by atoms with Crippen molar-refractivity contribution in [3.05, 3.63) is 35.5 Å². The zero-order valence-corrected chi connectivity index (χ0v) is 17.7. The highest BCUT2D eigenvalue weighted by atomic mass is 32.2. The van der Waals surface area contributed by atoms with Crippen molar-refractivity contribution in [2.45, 2.75) is 56.4 Å². The van der Waals surface area contributed by atoms with E-state index in [2.05, 4.69) is 36.0 Å². The molecule has 1 aromatic carbocycles. The number of benzene rings is 1. The van der Waals surface area contributed by atoms with Gasteiger partial charge in [-0.1, -0.05) is 37.0 Å². The topological polar surface area (TPSA) is 83.3 Å². The minimum atomic E-state index is -3.80. The van der Waals surface area contributed by atoms with Crippen LogP contribution in [0.4, 0.5) is 0 Å². The molecule has 1 aromatic heterocycles. The first-order chi connectivity index (χ1) is 13.7. The van der Waals surface area contributed by atoms with Gasteiger partial charge < -0.3 is 9.47 Å². The Kier molecular flexibility index (Phi) is 5.23. The Morgan fingerprint density at radius 1 is 1.24 bits per heavy atom. The molecule has 1 aliphatic carbocycles. The van der Waals surface area contributed by atoms with Gasteiger partial charge in [-0.15, -0.1) is 5.10 Å². The summed E-state index contributed by atoms with van der Waals surface area (Å²) in [6.07, 6.45) is 3.20. The molecular weight excluding hydrogens is 390 g/mol. The summed E-state index contributed by atoms with van der Waals surface area (Å²) in [7, 11) is -3.80. The van der Waals surface area contributed by atoms with Crippen LogP contribution >= 0.6 is 0 Å². The minimum Gasteiger partial charge on any atom is -0.350 e. The number of aryl methyl sites for hydroxylation is 1. The van der Waals surface area contributed by atoms with Crippen molar-refractivity contribution in [1.29, 1.82) is 0 Å². The van der Waals surface area contributed by atoms with Crippen molar-refractivity contribution < 1.29 is 17.9 Å². The molecule has 1 aliphatic heterocycles. The predicted molar refractivity (Wildman–Crippen MR) is 106 cm³/mol. The normalized spacial score (nSPS) is 19.6. The second-order valence-corrected chi connectivity index (χ2v) is 10.4. The lowest BCUT2D eigenvalue weighted by atomic mass is 9.96. The molecule has 0 bridgehead atoms. The van der Waals surface area contributed by atoms with Crippen LogP contribution in [0.25, 0.3) is 0 Å². The van der Waals surface area contributed by atoms with Crippen LogP contribution in [0.2, 0.25) is 0 Å². The molecule has 2 aliphatic rings. The van der Waals surface area contributed by atoms with Crippen LogP contribution in [-0.2, 0) is 25.9 Å². The molecule has 0 atom stereocenters. The standard InChI is InChI=1S/C21H25N3O4S/c1-15-4-5-17(9-8-16-6-7-16)10-18(15)29(25,26)19-11-24(23-22-19)12-20-27-13-21(2,3)14-28-20/h4-5,10-11,16,20H,6-7,12-14H2,1-3H3. The maximum atomic E-state index is 13.1. The zero-order chi connectivity index (χ0) is 20.6. The molecule has 7 nitrogen and oxygen atoms in total. The van der Waals surface area contributed by atoms with Crippen molar-refractivity contribution in [2.24, 2.45) is 11.3 Å². The first-order valence-corrected chi connectivity index (χ1v) is 11.2. The van der Waals surface area contributed by atoms with Gasteiger partial charge in [0.2, 0.25) is 14.9 Å². The first-order valence-electron chi connectivity index (χ1n) is 9.74. The van der Waals surface area contributed by atoms with Crippen LogP contribution in [-0.4, -0.2) is 42.9 Å². The Labute approximate surface area is 171 Å². The SMILES string of the molecule is Cc1ccc(C#CC2CC2)cc1S(=O)(=O)c1cn(CC2OCC(C)(C)CO2)nn1. The maximum absolute atomic E-state index is 13.1. The summed E-state index contributed by atoms with van der Waals surface area (Å²) < 4.78 is 39.1. The summed E-state index contributed by atoms with van der Waals surface area (Å²) in [5, 5.41) is 7.76. The Bertz CT molecular complexity index is 1060. The molecule has 0 unspecified atom stereocenters. The van der Waals surface area contributed by atoms with Crippen molar-refractivity contribution >= 4 is 9.84 Å². The lowest BCUT2D eigenvalue weighted by molar-refractivity contribution is -0.227. The largest absolute Gasteiger partial charge is 0.350 e.